The van der Waals surface area contributed by atoms with Crippen molar-refractivity contribution in [3.8, 4) is 0 Å². The second kappa shape index (κ2) is 10.7. The van der Waals surface area contributed by atoms with Crippen LogP contribution in [0.2, 0.25) is 0 Å². The Bertz CT molecular complexity index is 863. The van der Waals surface area contributed by atoms with E-state index in [0.717, 1.165) is 25.0 Å². The van der Waals surface area contributed by atoms with Gasteiger partial charge in [-0.2, -0.15) is 13.2 Å². The molecule has 2 aromatic carbocycles. The van der Waals surface area contributed by atoms with Gasteiger partial charge < -0.3 is 15.5 Å². The smallest absolute Gasteiger partial charge is 0.376 e. The summed E-state index contributed by atoms with van der Waals surface area (Å²) in [5.41, 5.74) is 0.0629. The molecule has 0 fully saturated rings. The molecular weight excluding hydrogens is 395 g/mol. The molecule has 2 aromatic rings. The molecule has 30 heavy (non-hydrogen) atoms. The van der Waals surface area contributed by atoms with E-state index in [9.17, 15) is 22.8 Å². The third-order valence-corrected chi connectivity index (χ3v) is 4.36. The predicted molar refractivity (Wildman–Crippen MR) is 111 cm³/mol. The molecule has 0 spiro atoms. The van der Waals surface area contributed by atoms with Crippen LogP contribution in [0, 0.1) is 0 Å². The highest BCUT2D eigenvalue weighted by Gasteiger charge is 2.30. The highest BCUT2D eigenvalue weighted by molar-refractivity contribution is 6.04. The summed E-state index contributed by atoms with van der Waals surface area (Å²) in [5, 5.41) is 5.48. The second-order valence-corrected chi connectivity index (χ2v) is 6.85. The molecular formula is C22H26F3N3O2. The molecule has 0 heterocycles. The minimum absolute atomic E-state index is 0.0301. The van der Waals surface area contributed by atoms with Crippen LogP contribution >= 0.6 is 0 Å². The molecule has 2 rings (SSSR count). The van der Waals surface area contributed by atoms with E-state index in [0.29, 0.717) is 18.8 Å². The van der Waals surface area contributed by atoms with Crippen molar-refractivity contribution in [1.82, 2.24) is 4.90 Å². The van der Waals surface area contributed by atoms with Gasteiger partial charge in [0.05, 0.1) is 12.1 Å². The fraction of sp³-hybridized carbons (Fsp3) is 0.364. The van der Waals surface area contributed by atoms with E-state index >= 15 is 0 Å². The van der Waals surface area contributed by atoms with Gasteiger partial charge in [0.25, 0.3) is 5.91 Å². The fourth-order valence-corrected chi connectivity index (χ4v) is 2.94. The lowest BCUT2D eigenvalue weighted by molar-refractivity contribution is -0.137. The maximum absolute atomic E-state index is 12.8. The zero-order valence-electron chi connectivity index (χ0n) is 17.1. The Kier molecular flexibility index (Phi) is 8.26. The number of benzene rings is 2. The Balaban J connectivity index is 2.03. The number of carbonyl (C=O) groups excluding carboxylic acids is 2. The third-order valence-electron chi connectivity index (χ3n) is 4.36. The van der Waals surface area contributed by atoms with E-state index in [1.807, 2.05) is 13.8 Å². The van der Waals surface area contributed by atoms with Crippen molar-refractivity contribution in [2.45, 2.75) is 32.9 Å². The average molecular weight is 421 g/mol. The summed E-state index contributed by atoms with van der Waals surface area (Å²) in [7, 11) is 0. The SMILES string of the molecule is CCCN(CCC)C(=O)CNc1cccc(C(=O)Nc2cccc(C(F)(F)F)c2)c1. The van der Waals surface area contributed by atoms with Gasteiger partial charge in [0.2, 0.25) is 5.91 Å². The van der Waals surface area contributed by atoms with Crippen molar-refractivity contribution in [2.24, 2.45) is 0 Å². The Morgan fingerprint density at radius 1 is 0.933 bits per heavy atom. The van der Waals surface area contributed by atoms with E-state index in [1.165, 1.54) is 12.1 Å². The van der Waals surface area contributed by atoms with Gasteiger partial charge in [-0.25, -0.2) is 0 Å². The summed E-state index contributed by atoms with van der Waals surface area (Å²) in [6, 6.07) is 10.9. The lowest BCUT2D eigenvalue weighted by atomic mass is 10.1. The molecule has 5 nitrogen and oxygen atoms in total. The van der Waals surface area contributed by atoms with Crippen molar-refractivity contribution < 1.29 is 22.8 Å². The van der Waals surface area contributed by atoms with Crippen LogP contribution in [0.25, 0.3) is 0 Å². The molecule has 0 bridgehead atoms. The second-order valence-electron chi connectivity index (χ2n) is 6.85. The number of anilines is 2. The molecule has 0 aliphatic heterocycles. The minimum Gasteiger partial charge on any atom is -0.376 e. The van der Waals surface area contributed by atoms with Crippen LogP contribution in [-0.2, 0) is 11.0 Å². The average Bonchev–Trinajstić information content (AvgIpc) is 2.71. The predicted octanol–water partition coefficient (Wildman–Crippen LogP) is 5.02. The van der Waals surface area contributed by atoms with Crippen LogP contribution in [0.5, 0.6) is 0 Å². The highest BCUT2D eigenvalue weighted by atomic mass is 19.4. The summed E-state index contributed by atoms with van der Waals surface area (Å²) < 4.78 is 38.5. The molecule has 2 N–H and O–H groups in total. The Hall–Kier alpha value is -3.03. The van der Waals surface area contributed by atoms with E-state index in [4.69, 9.17) is 0 Å². The fourth-order valence-electron chi connectivity index (χ4n) is 2.94. The van der Waals surface area contributed by atoms with Crippen LogP contribution in [0.3, 0.4) is 0 Å². The molecule has 0 aromatic heterocycles. The molecule has 2 amide bonds. The summed E-state index contributed by atoms with van der Waals surface area (Å²) in [4.78, 5) is 26.6. The van der Waals surface area contributed by atoms with Crippen molar-refractivity contribution >= 4 is 23.2 Å². The van der Waals surface area contributed by atoms with Gasteiger partial charge in [-0.15, -0.1) is 0 Å². The molecule has 0 saturated heterocycles. The number of carbonyl (C=O) groups is 2. The monoisotopic (exact) mass is 421 g/mol. The Morgan fingerprint density at radius 2 is 1.57 bits per heavy atom. The van der Waals surface area contributed by atoms with Gasteiger partial charge in [-0.1, -0.05) is 26.0 Å². The molecule has 0 radical (unpaired) electrons. The number of halogens is 3. The largest absolute Gasteiger partial charge is 0.416 e. The standard InChI is InChI=1S/C22H26F3N3O2/c1-3-11-28(12-4-2)20(29)15-26-18-9-5-7-16(13-18)21(30)27-19-10-6-8-17(14-19)22(23,24)25/h5-10,13-14,26H,3-4,11-12,15H2,1-2H3,(H,27,30). The van der Waals surface area contributed by atoms with Crippen molar-refractivity contribution in [2.75, 3.05) is 30.3 Å². The maximum Gasteiger partial charge on any atom is 0.416 e. The summed E-state index contributed by atoms with van der Waals surface area (Å²) in [6.07, 6.45) is -2.74. The number of hydrogen-bond acceptors (Lipinski definition) is 3. The van der Waals surface area contributed by atoms with Gasteiger partial charge in [0.1, 0.15) is 0 Å². The topological polar surface area (TPSA) is 61.4 Å². The number of rotatable bonds is 9. The Labute approximate surface area is 174 Å². The van der Waals surface area contributed by atoms with Crippen LogP contribution in [0.1, 0.15) is 42.6 Å². The molecule has 0 aliphatic carbocycles. The number of nitrogens with zero attached hydrogens (tertiary/aromatic N) is 1. The van der Waals surface area contributed by atoms with Crippen LogP contribution in [0.4, 0.5) is 24.5 Å². The van der Waals surface area contributed by atoms with Gasteiger partial charge in [0.15, 0.2) is 0 Å². The quantitative estimate of drug-likeness (QED) is 0.598. The lowest BCUT2D eigenvalue weighted by Gasteiger charge is -2.22. The first kappa shape index (κ1) is 23.3. The van der Waals surface area contributed by atoms with E-state index in [1.54, 1.807) is 29.2 Å². The van der Waals surface area contributed by atoms with Crippen LogP contribution in [-0.4, -0.2) is 36.3 Å². The molecule has 0 atom stereocenters. The number of amides is 2. The summed E-state index contributed by atoms with van der Waals surface area (Å²) >= 11 is 0. The summed E-state index contributed by atoms with van der Waals surface area (Å²) in [6.45, 7) is 5.49. The van der Waals surface area contributed by atoms with E-state index < -0.39 is 17.6 Å². The highest BCUT2D eigenvalue weighted by Crippen LogP contribution is 2.30. The third kappa shape index (κ3) is 6.79. The van der Waals surface area contributed by atoms with E-state index in [2.05, 4.69) is 10.6 Å². The van der Waals surface area contributed by atoms with Gasteiger partial charge >= 0.3 is 6.18 Å². The molecule has 8 heteroatoms. The first-order valence-corrected chi connectivity index (χ1v) is 9.85. The molecule has 162 valence electrons. The zero-order chi connectivity index (χ0) is 22.1. The van der Waals surface area contributed by atoms with Crippen LogP contribution < -0.4 is 10.6 Å². The first-order valence-electron chi connectivity index (χ1n) is 9.85. The minimum atomic E-state index is -4.49. The molecule has 0 unspecified atom stereocenters. The lowest BCUT2D eigenvalue weighted by Crippen LogP contribution is -2.36. The number of hydrogen-bond donors (Lipinski definition) is 2. The van der Waals surface area contributed by atoms with Crippen molar-refractivity contribution in [3.63, 3.8) is 0 Å². The van der Waals surface area contributed by atoms with E-state index in [-0.39, 0.29) is 23.7 Å². The molecule has 0 saturated carbocycles. The van der Waals surface area contributed by atoms with Gasteiger partial charge in [0, 0.05) is 30.0 Å². The number of nitrogens with one attached hydrogen (secondary N) is 2. The zero-order valence-corrected chi connectivity index (χ0v) is 17.1. The Morgan fingerprint density at radius 3 is 2.20 bits per heavy atom. The normalized spacial score (nSPS) is 11.1. The maximum atomic E-state index is 12.8. The van der Waals surface area contributed by atoms with Crippen LogP contribution in [0.15, 0.2) is 48.5 Å². The van der Waals surface area contributed by atoms with Gasteiger partial charge in [-0.3, -0.25) is 9.59 Å². The van der Waals surface area contributed by atoms with Gasteiger partial charge in [-0.05, 0) is 49.2 Å². The number of alkyl halides is 3. The van der Waals surface area contributed by atoms with Crippen molar-refractivity contribution in [1.29, 1.82) is 0 Å². The first-order chi connectivity index (χ1) is 14.2. The molecule has 0 aliphatic rings. The van der Waals surface area contributed by atoms with Crippen molar-refractivity contribution in [3.05, 3.63) is 59.7 Å². The summed E-state index contributed by atoms with van der Waals surface area (Å²) in [5.74, 6) is -0.569.